The molecule has 2 heterocycles. The maximum Gasteiger partial charge on any atom is 0.307 e. The van der Waals surface area contributed by atoms with E-state index >= 15 is 0 Å². The minimum absolute atomic E-state index is 0.0411. The number of nitrogens with zero attached hydrogens (tertiary/aromatic N) is 1. The first-order chi connectivity index (χ1) is 16.4. The standard InChI is InChI=1S/C28H25NO5/c1-17-13-20(33-16-21-14-19-7-3-6-10-26(19)34-21)11-12-22(17)28(32)29-18(2)24(15-27(30)31)23-8-4-5-9-25(23)29/h3-13,21H,14-16H2,1-2H3,(H,30,31). The maximum absolute atomic E-state index is 13.6. The van der Waals surface area contributed by atoms with Crippen molar-refractivity contribution in [1.82, 2.24) is 4.57 Å². The zero-order chi connectivity index (χ0) is 23.8. The van der Waals surface area contributed by atoms with Crippen LogP contribution in [-0.2, 0) is 17.6 Å². The quantitative estimate of drug-likeness (QED) is 0.445. The number of carbonyl (C=O) groups excluding carboxylic acids is 1. The van der Waals surface area contributed by atoms with Crippen LogP contribution in [0.2, 0.25) is 0 Å². The lowest BCUT2D eigenvalue weighted by Gasteiger charge is -2.14. The molecular weight excluding hydrogens is 430 g/mol. The average molecular weight is 456 g/mol. The summed E-state index contributed by atoms with van der Waals surface area (Å²) in [5.74, 6) is 0.466. The predicted molar refractivity (Wildman–Crippen MR) is 129 cm³/mol. The average Bonchev–Trinajstić information content (AvgIpc) is 3.36. The smallest absolute Gasteiger partial charge is 0.307 e. The second-order valence-electron chi connectivity index (χ2n) is 8.63. The Morgan fingerprint density at radius 2 is 1.82 bits per heavy atom. The molecular formula is C28H25NO5. The summed E-state index contributed by atoms with van der Waals surface area (Å²) in [6, 6.07) is 20.8. The molecule has 3 aromatic carbocycles. The number of carbonyl (C=O) groups is 2. The van der Waals surface area contributed by atoms with Gasteiger partial charge in [0.15, 0.2) is 0 Å². The Bertz CT molecular complexity index is 1390. The van der Waals surface area contributed by atoms with Gasteiger partial charge in [0.05, 0.1) is 11.9 Å². The van der Waals surface area contributed by atoms with Gasteiger partial charge in [-0.1, -0.05) is 36.4 Å². The molecule has 34 heavy (non-hydrogen) atoms. The summed E-state index contributed by atoms with van der Waals surface area (Å²) in [5.41, 5.74) is 4.53. The van der Waals surface area contributed by atoms with Crippen LogP contribution in [0.15, 0.2) is 66.7 Å². The molecule has 0 radical (unpaired) electrons. The van der Waals surface area contributed by atoms with Crippen molar-refractivity contribution in [1.29, 1.82) is 0 Å². The Kier molecular flexibility index (Phi) is 5.57. The van der Waals surface area contributed by atoms with Crippen LogP contribution >= 0.6 is 0 Å². The van der Waals surface area contributed by atoms with E-state index in [9.17, 15) is 14.7 Å². The number of hydrogen-bond acceptors (Lipinski definition) is 4. The molecule has 1 aromatic heterocycles. The highest BCUT2D eigenvalue weighted by Crippen LogP contribution is 2.30. The van der Waals surface area contributed by atoms with E-state index in [1.165, 1.54) is 5.56 Å². The van der Waals surface area contributed by atoms with E-state index in [0.29, 0.717) is 34.7 Å². The number of aryl methyl sites for hydroxylation is 1. The number of aliphatic carboxylic acids is 1. The van der Waals surface area contributed by atoms with Crippen LogP contribution in [0.5, 0.6) is 11.5 Å². The minimum Gasteiger partial charge on any atom is -0.490 e. The number of rotatable bonds is 6. The largest absolute Gasteiger partial charge is 0.490 e. The van der Waals surface area contributed by atoms with E-state index in [2.05, 4.69) is 6.07 Å². The number of carboxylic acids is 1. The molecule has 0 fully saturated rings. The predicted octanol–water partition coefficient (Wildman–Crippen LogP) is 4.96. The highest BCUT2D eigenvalue weighted by molar-refractivity contribution is 6.05. The zero-order valence-corrected chi connectivity index (χ0v) is 19.1. The number of carboxylic acid groups (broad SMARTS) is 1. The molecule has 1 atom stereocenters. The van der Waals surface area contributed by atoms with Crippen LogP contribution < -0.4 is 9.47 Å². The Balaban J connectivity index is 1.37. The van der Waals surface area contributed by atoms with Gasteiger partial charge in [0.1, 0.15) is 24.2 Å². The first-order valence-electron chi connectivity index (χ1n) is 11.3. The Morgan fingerprint density at radius 3 is 2.59 bits per heavy atom. The van der Waals surface area contributed by atoms with Crippen molar-refractivity contribution < 1.29 is 24.2 Å². The van der Waals surface area contributed by atoms with Crippen molar-refractivity contribution in [3.05, 3.63) is 94.7 Å². The van der Waals surface area contributed by atoms with Crippen LogP contribution in [0.1, 0.15) is 32.7 Å². The fraction of sp³-hybridized carbons (Fsp3) is 0.214. The first-order valence-corrected chi connectivity index (χ1v) is 11.3. The van der Waals surface area contributed by atoms with E-state index in [1.54, 1.807) is 23.6 Å². The van der Waals surface area contributed by atoms with Gasteiger partial charge in [-0.05, 0) is 60.9 Å². The van der Waals surface area contributed by atoms with Gasteiger partial charge in [0, 0.05) is 23.1 Å². The molecule has 5 rings (SSSR count). The Hall–Kier alpha value is -4.06. The zero-order valence-electron chi connectivity index (χ0n) is 19.1. The molecule has 1 unspecified atom stereocenters. The first kappa shape index (κ1) is 21.8. The number of para-hydroxylation sites is 2. The number of ether oxygens (including phenoxy) is 2. The SMILES string of the molecule is Cc1cc(OCC2Cc3ccccc3O2)ccc1C(=O)n1c(C)c(CC(=O)O)c2ccccc21. The summed E-state index contributed by atoms with van der Waals surface area (Å²) in [5, 5.41) is 10.1. The number of benzene rings is 3. The second kappa shape index (κ2) is 8.71. The molecule has 1 aliphatic rings. The molecule has 0 saturated carbocycles. The van der Waals surface area contributed by atoms with Gasteiger partial charge >= 0.3 is 5.97 Å². The lowest BCUT2D eigenvalue weighted by Crippen LogP contribution is -2.22. The van der Waals surface area contributed by atoms with Crippen molar-refractivity contribution in [2.24, 2.45) is 0 Å². The topological polar surface area (TPSA) is 77.8 Å². The minimum atomic E-state index is -0.925. The molecule has 4 aromatic rings. The van der Waals surface area contributed by atoms with Gasteiger partial charge in [-0.2, -0.15) is 0 Å². The Morgan fingerprint density at radius 1 is 1.06 bits per heavy atom. The van der Waals surface area contributed by atoms with Crippen molar-refractivity contribution >= 4 is 22.8 Å². The van der Waals surface area contributed by atoms with Crippen molar-refractivity contribution in [2.75, 3.05) is 6.61 Å². The molecule has 0 saturated heterocycles. The fourth-order valence-electron chi connectivity index (χ4n) is 4.69. The molecule has 0 amide bonds. The van der Waals surface area contributed by atoms with Crippen LogP contribution in [0.4, 0.5) is 0 Å². The second-order valence-corrected chi connectivity index (χ2v) is 8.63. The lowest BCUT2D eigenvalue weighted by atomic mass is 10.1. The molecule has 6 nitrogen and oxygen atoms in total. The van der Waals surface area contributed by atoms with Gasteiger partial charge in [-0.3, -0.25) is 14.2 Å². The van der Waals surface area contributed by atoms with Gasteiger partial charge < -0.3 is 14.6 Å². The molecule has 0 aliphatic carbocycles. The molecule has 1 N–H and O–H groups in total. The molecule has 0 bridgehead atoms. The summed E-state index contributed by atoms with van der Waals surface area (Å²) >= 11 is 0. The highest BCUT2D eigenvalue weighted by atomic mass is 16.5. The summed E-state index contributed by atoms with van der Waals surface area (Å²) in [6.07, 6.45) is 0.635. The summed E-state index contributed by atoms with van der Waals surface area (Å²) in [7, 11) is 0. The van der Waals surface area contributed by atoms with Gasteiger partial charge in [0.2, 0.25) is 0 Å². The summed E-state index contributed by atoms with van der Waals surface area (Å²) in [4.78, 5) is 25.0. The summed E-state index contributed by atoms with van der Waals surface area (Å²) in [6.45, 7) is 4.09. The number of fused-ring (bicyclic) bond motifs is 2. The van der Waals surface area contributed by atoms with Crippen LogP contribution in [-0.4, -0.2) is 34.3 Å². The van der Waals surface area contributed by atoms with Crippen LogP contribution in [0.25, 0.3) is 10.9 Å². The molecule has 172 valence electrons. The van der Waals surface area contributed by atoms with E-state index in [0.717, 1.165) is 23.1 Å². The molecule has 1 aliphatic heterocycles. The summed E-state index contributed by atoms with van der Waals surface area (Å²) < 4.78 is 13.5. The van der Waals surface area contributed by atoms with E-state index in [4.69, 9.17) is 9.47 Å². The highest BCUT2D eigenvalue weighted by Gasteiger charge is 2.24. The lowest BCUT2D eigenvalue weighted by molar-refractivity contribution is -0.136. The van der Waals surface area contributed by atoms with Crippen LogP contribution in [0, 0.1) is 13.8 Å². The fourth-order valence-corrected chi connectivity index (χ4v) is 4.69. The van der Waals surface area contributed by atoms with E-state index < -0.39 is 5.97 Å². The Labute approximate surface area is 197 Å². The monoisotopic (exact) mass is 455 g/mol. The van der Waals surface area contributed by atoms with E-state index in [1.807, 2.05) is 55.5 Å². The van der Waals surface area contributed by atoms with Crippen molar-refractivity contribution in [3.8, 4) is 11.5 Å². The molecule has 6 heteroatoms. The number of aromatic nitrogens is 1. The van der Waals surface area contributed by atoms with Gasteiger partial charge in [-0.25, -0.2) is 0 Å². The maximum atomic E-state index is 13.6. The van der Waals surface area contributed by atoms with Gasteiger partial charge in [-0.15, -0.1) is 0 Å². The normalized spacial score (nSPS) is 14.6. The van der Waals surface area contributed by atoms with Crippen LogP contribution in [0.3, 0.4) is 0 Å². The third kappa shape index (κ3) is 3.92. The third-order valence-electron chi connectivity index (χ3n) is 6.35. The van der Waals surface area contributed by atoms with E-state index in [-0.39, 0.29) is 18.4 Å². The third-order valence-corrected chi connectivity index (χ3v) is 6.35. The molecule has 0 spiro atoms. The van der Waals surface area contributed by atoms with Crippen molar-refractivity contribution in [3.63, 3.8) is 0 Å². The number of hydrogen-bond donors (Lipinski definition) is 1. The van der Waals surface area contributed by atoms with Gasteiger partial charge in [0.25, 0.3) is 5.91 Å². The van der Waals surface area contributed by atoms with Crippen molar-refractivity contribution in [2.45, 2.75) is 32.8 Å².